The SMILES string of the molecule is CC(CC(F)(F)F)NC(=O)NC1CCCCCC1C(=O)O. The van der Waals surface area contributed by atoms with Gasteiger partial charge in [0, 0.05) is 12.1 Å². The van der Waals surface area contributed by atoms with Crippen molar-refractivity contribution in [3.8, 4) is 0 Å². The highest BCUT2D eigenvalue weighted by Crippen LogP contribution is 2.24. The van der Waals surface area contributed by atoms with E-state index in [9.17, 15) is 22.8 Å². The Morgan fingerprint density at radius 3 is 2.43 bits per heavy atom. The lowest BCUT2D eigenvalue weighted by Crippen LogP contribution is -2.49. The summed E-state index contributed by atoms with van der Waals surface area (Å²) in [6.07, 6.45) is -2.00. The van der Waals surface area contributed by atoms with Crippen molar-refractivity contribution >= 4 is 12.0 Å². The van der Waals surface area contributed by atoms with E-state index in [1.807, 2.05) is 0 Å². The first kappa shape index (κ1) is 17.6. The van der Waals surface area contributed by atoms with Gasteiger partial charge in [-0.2, -0.15) is 13.2 Å². The minimum atomic E-state index is -4.35. The maximum atomic E-state index is 12.2. The van der Waals surface area contributed by atoms with Crippen LogP contribution >= 0.6 is 0 Å². The number of urea groups is 1. The molecule has 0 aromatic carbocycles. The van der Waals surface area contributed by atoms with Gasteiger partial charge in [-0.25, -0.2) is 4.79 Å². The molecule has 3 atom stereocenters. The summed E-state index contributed by atoms with van der Waals surface area (Å²) in [6, 6.07) is -2.34. The molecule has 0 aromatic heterocycles. The second-order valence-corrected chi connectivity index (χ2v) is 5.53. The van der Waals surface area contributed by atoms with E-state index < -0.39 is 42.6 Å². The Bertz CT molecular complexity index is 374. The minimum Gasteiger partial charge on any atom is -0.481 e. The van der Waals surface area contributed by atoms with Gasteiger partial charge in [0.2, 0.25) is 0 Å². The third-order valence-corrected chi connectivity index (χ3v) is 3.56. The zero-order valence-electron chi connectivity index (χ0n) is 11.9. The van der Waals surface area contributed by atoms with E-state index in [1.165, 1.54) is 6.92 Å². The minimum absolute atomic E-state index is 0.471. The summed E-state index contributed by atoms with van der Waals surface area (Å²) in [7, 11) is 0. The first-order valence-electron chi connectivity index (χ1n) is 7.05. The van der Waals surface area contributed by atoms with Crippen molar-refractivity contribution in [2.45, 2.75) is 63.7 Å². The van der Waals surface area contributed by atoms with Gasteiger partial charge >= 0.3 is 18.2 Å². The summed E-state index contributed by atoms with van der Waals surface area (Å²) >= 11 is 0. The van der Waals surface area contributed by atoms with Crippen LogP contribution in [0.3, 0.4) is 0 Å². The lowest BCUT2D eigenvalue weighted by atomic mass is 9.95. The average Bonchev–Trinajstić information content (AvgIpc) is 2.51. The van der Waals surface area contributed by atoms with Crippen LogP contribution in [-0.2, 0) is 4.79 Å². The van der Waals surface area contributed by atoms with Gasteiger partial charge in [0.15, 0.2) is 0 Å². The molecule has 2 amide bonds. The quantitative estimate of drug-likeness (QED) is 0.699. The fraction of sp³-hybridized carbons (Fsp3) is 0.846. The molecule has 3 unspecified atom stereocenters. The van der Waals surface area contributed by atoms with Crippen LogP contribution in [0, 0.1) is 5.92 Å². The van der Waals surface area contributed by atoms with Gasteiger partial charge in [-0.15, -0.1) is 0 Å². The number of rotatable bonds is 4. The first-order chi connectivity index (χ1) is 9.69. The Balaban J connectivity index is 2.52. The van der Waals surface area contributed by atoms with Crippen LogP contribution in [0.2, 0.25) is 0 Å². The Hall–Kier alpha value is -1.47. The zero-order valence-corrected chi connectivity index (χ0v) is 11.9. The molecule has 1 fully saturated rings. The van der Waals surface area contributed by atoms with Gasteiger partial charge in [0.25, 0.3) is 0 Å². The number of carbonyl (C=O) groups excluding carboxylic acids is 1. The molecule has 0 bridgehead atoms. The number of aliphatic carboxylic acids is 1. The van der Waals surface area contributed by atoms with E-state index in [4.69, 9.17) is 5.11 Å². The second kappa shape index (κ2) is 7.51. The third-order valence-electron chi connectivity index (χ3n) is 3.56. The predicted octanol–water partition coefficient (Wildman–Crippen LogP) is 2.66. The summed E-state index contributed by atoms with van der Waals surface area (Å²) in [5, 5.41) is 13.9. The van der Waals surface area contributed by atoms with E-state index >= 15 is 0 Å². The van der Waals surface area contributed by atoms with Crippen LogP contribution in [0.5, 0.6) is 0 Å². The maximum Gasteiger partial charge on any atom is 0.391 e. The number of carbonyl (C=O) groups is 2. The summed E-state index contributed by atoms with van der Waals surface area (Å²) in [4.78, 5) is 22.9. The number of alkyl halides is 3. The molecule has 0 aliphatic heterocycles. The van der Waals surface area contributed by atoms with Crippen molar-refractivity contribution in [2.24, 2.45) is 5.92 Å². The molecule has 0 radical (unpaired) electrons. The van der Waals surface area contributed by atoms with Gasteiger partial charge < -0.3 is 15.7 Å². The van der Waals surface area contributed by atoms with Crippen molar-refractivity contribution in [1.82, 2.24) is 10.6 Å². The van der Waals surface area contributed by atoms with Crippen molar-refractivity contribution in [3.63, 3.8) is 0 Å². The number of nitrogens with one attached hydrogen (secondary N) is 2. The molecule has 1 rings (SSSR count). The summed E-state index contributed by atoms with van der Waals surface area (Å²) in [5.74, 6) is -1.67. The predicted molar refractivity (Wildman–Crippen MR) is 69.8 cm³/mol. The maximum absolute atomic E-state index is 12.2. The topological polar surface area (TPSA) is 78.4 Å². The normalized spacial score (nSPS) is 24.8. The molecule has 8 heteroatoms. The number of carboxylic acids is 1. The van der Waals surface area contributed by atoms with E-state index in [0.717, 1.165) is 19.3 Å². The highest BCUT2D eigenvalue weighted by Gasteiger charge is 2.33. The molecule has 0 saturated heterocycles. The Kier molecular flexibility index (Phi) is 6.29. The van der Waals surface area contributed by atoms with E-state index in [1.54, 1.807) is 0 Å². The molecule has 1 aliphatic rings. The van der Waals surface area contributed by atoms with Crippen molar-refractivity contribution in [2.75, 3.05) is 0 Å². The average molecular weight is 310 g/mol. The lowest BCUT2D eigenvalue weighted by molar-refractivity contribution is -0.142. The van der Waals surface area contributed by atoms with Gasteiger partial charge in [0.1, 0.15) is 0 Å². The Morgan fingerprint density at radius 1 is 1.24 bits per heavy atom. The molecule has 122 valence electrons. The molecule has 0 aromatic rings. The highest BCUT2D eigenvalue weighted by atomic mass is 19.4. The summed E-state index contributed by atoms with van der Waals surface area (Å²) < 4.78 is 36.6. The smallest absolute Gasteiger partial charge is 0.391 e. The van der Waals surface area contributed by atoms with Crippen LogP contribution in [0.15, 0.2) is 0 Å². The van der Waals surface area contributed by atoms with E-state index in [0.29, 0.717) is 12.8 Å². The molecule has 1 saturated carbocycles. The Morgan fingerprint density at radius 2 is 1.86 bits per heavy atom. The number of amides is 2. The number of hydrogen-bond donors (Lipinski definition) is 3. The summed E-state index contributed by atoms with van der Waals surface area (Å²) in [6.45, 7) is 1.26. The zero-order chi connectivity index (χ0) is 16.0. The van der Waals surface area contributed by atoms with Gasteiger partial charge in [-0.1, -0.05) is 19.3 Å². The summed E-state index contributed by atoms with van der Waals surface area (Å²) in [5.41, 5.74) is 0. The van der Waals surface area contributed by atoms with Crippen LogP contribution in [0.1, 0.15) is 45.4 Å². The van der Waals surface area contributed by atoms with Gasteiger partial charge in [-0.3, -0.25) is 4.79 Å². The number of halogens is 3. The molecule has 0 heterocycles. The number of carboxylic acid groups (broad SMARTS) is 1. The van der Waals surface area contributed by atoms with Gasteiger partial charge in [0.05, 0.1) is 12.3 Å². The molecule has 5 nitrogen and oxygen atoms in total. The lowest BCUT2D eigenvalue weighted by Gasteiger charge is -2.24. The number of hydrogen-bond acceptors (Lipinski definition) is 2. The third kappa shape index (κ3) is 6.68. The van der Waals surface area contributed by atoms with E-state index in [2.05, 4.69) is 10.6 Å². The van der Waals surface area contributed by atoms with Crippen LogP contribution < -0.4 is 10.6 Å². The highest BCUT2D eigenvalue weighted by molar-refractivity contribution is 5.77. The Labute approximate surface area is 121 Å². The molecular weight excluding hydrogens is 289 g/mol. The fourth-order valence-electron chi connectivity index (χ4n) is 2.61. The van der Waals surface area contributed by atoms with Crippen LogP contribution in [-0.4, -0.2) is 35.4 Å². The van der Waals surface area contributed by atoms with E-state index in [-0.39, 0.29) is 0 Å². The second-order valence-electron chi connectivity index (χ2n) is 5.53. The van der Waals surface area contributed by atoms with Crippen LogP contribution in [0.4, 0.5) is 18.0 Å². The molecule has 0 spiro atoms. The van der Waals surface area contributed by atoms with Crippen molar-refractivity contribution < 1.29 is 27.9 Å². The molecule has 21 heavy (non-hydrogen) atoms. The largest absolute Gasteiger partial charge is 0.481 e. The van der Waals surface area contributed by atoms with Crippen LogP contribution in [0.25, 0.3) is 0 Å². The molecular formula is C13H21F3N2O3. The molecule has 3 N–H and O–H groups in total. The van der Waals surface area contributed by atoms with Gasteiger partial charge in [-0.05, 0) is 19.8 Å². The van der Waals surface area contributed by atoms with Crippen molar-refractivity contribution in [1.29, 1.82) is 0 Å². The van der Waals surface area contributed by atoms with Crippen molar-refractivity contribution in [3.05, 3.63) is 0 Å². The monoisotopic (exact) mass is 310 g/mol. The first-order valence-corrected chi connectivity index (χ1v) is 7.05. The standard InChI is InChI=1S/C13H21F3N2O3/c1-8(7-13(14,15)16)17-12(21)18-10-6-4-2-3-5-9(10)11(19)20/h8-10H,2-7H2,1H3,(H,19,20)(H2,17,18,21). The fourth-order valence-corrected chi connectivity index (χ4v) is 2.61. The molecule has 1 aliphatic carbocycles.